The molecule has 2 aromatic heterocycles. The number of carbonyl (C=O) groups is 1. The normalized spacial score (nSPS) is 21.6. The van der Waals surface area contributed by atoms with Gasteiger partial charge in [-0.25, -0.2) is 18.7 Å². The summed E-state index contributed by atoms with van der Waals surface area (Å²) in [5, 5.41) is 2.89. The van der Waals surface area contributed by atoms with Crippen LogP contribution in [0.15, 0.2) is 36.7 Å². The van der Waals surface area contributed by atoms with Crippen LogP contribution < -0.4 is 15.0 Å². The van der Waals surface area contributed by atoms with Gasteiger partial charge in [0.2, 0.25) is 11.8 Å². The Hall–Kier alpha value is -3.27. The third-order valence-electron chi connectivity index (χ3n) is 7.73. The van der Waals surface area contributed by atoms with Crippen molar-refractivity contribution >= 4 is 22.6 Å². The number of aromatic nitrogens is 3. The molecule has 2 saturated heterocycles. The molecular weight excluding hydrogens is 478 g/mol. The van der Waals surface area contributed by atoms with Gasteiger partial charge in [0.05, 0.1) is 24.1 Å². The number of hydrogen-bond acceptors (Lipinski definition) is 6. The van der Waals surface area contributed by atoms with E-state index in [1.807, 2.05) is 36.4 Å². The summed E-state index contributed by atoms with van der Waals surface area (Å²) in [5.41, 5.74) is 4.57. The summed E-state index contributed by atoms with van der Waals surface area (Å²) in [6.07, 6.45) is 2.13. The van der Waals surface area contributed by atoms with E-state index in [0.29, 0.717) is 38.0 Å². The fourth-order valence-corrected chi connectivity index (χ4v) is 5.34. The first-order chi connectivity index (χ1) is 17.9. The van der Waals surface area contributed by atoms with E-state index < -0.39 is 6.43 Å². The fourth-order valence-electron chi connectivity index (χ4n) is 5.34. The SMILES string of the molecule is CC(Oc1nc(-c2ccc(N3CCN(CC(F)F)CC3)cc2)cc2ncn(C3CC3)c12)C1CNC(=O)C1. The molecule has 0 bridgehead atoms. The number of rotatable bonds is 8. The first kappa shape index (κ1) is 24.1. The van der Waals surface area contributed by atoms with Gasteiger partial charge in [-0.15, -0.1) is 0 Å². The Balaban J connectivity index is 1.24. The zero-order valence-corrected chi connectivity index (χ0v) is 20.9. The van der Waals surface area contributed by atoms with E-state index in [4.69, 9.17) is 9.72 Å². The van der Waals surface area contributed by atoms with E-state index in [0.717, 1.165) is 53.9 Å². The molecule has 196 valence electrons. The summed E-state index contributed by atoms with van der Waals surface area (Å²) < 4.78 is 34.0. The molecule has 1 amide bonds. The maximum Gasteiger partial charge on any atom is 0.251 e. The molecule has 1 N–H and O–H groups in total. The van der Waals surface area contributed by atoms with E-state index in [9.17, 15) is 13.6 Å². The van der Waals surface area contributed by atoms with Gasteiger partial charge in [-0.1, -0.05) is 12.1 Å². The molecule has 4 heterocycles. The molecule has 2 aliphatic heterocycles. The number of pyridine rings is 1. The van der Waals surface area contributed by atoms with Crippen molar-refractivity contribution in [1.29, 1.82) is 0 Å². The molecule has 1 saturated carbocycles. The Morgan fingerprint density at radius 2 is 1.89 bits per heavy atom. The van der Waals surface area contributed by atoms with Crippen molar-refractivity contribution in [3.63, 3.8) is 0 Å². The predicted molar refractivity (Wildman–Crippen MR) is 137 cm³/mol. The molecule has 0 spiro atoms. The average molecular weight is 511 g/mol. The third kappa shape index (κ3) is 5.12. The number of benzene rings is 1. The second-order valence-electron chi connectivity index (χ2n) is 10.4. The predicted octanol–water partition coefficient (Wildman–Crippen LogP) is 3.72. The summed E-state index contributed by atoms with van der Waals surface area (Å²) in [6.45, 7) is 5.17. The summed E-state index contributed by atoms with van der Waals surface area (Å²) in [5.74, 6) is 0.722. The quantitative estimate of drug-likeness (QED) is 0.498. The third-order valence-corrected chi connectivity index (χ3v) is 7.73. The Morgan fingerprint density at radius 3 is 2.54 bits per heavy atom. The molecule has 8 nitrogen and oxygen atoms in total. The molecule has 1 aliphatic carbocycles. The molecular formula is C27H32F2N6O2. The number of piperazine rings is 1. The van der Waals surface area contributed by atoms with Crippen molar-refractivity contribution in [3.05, 3.63) is 36.7 Å². The van der Waals surface area contributed by atoms with Crippen molar-refractivity contribution in [2.75, 3.05) is 44.2 Å². The lowest BCUT2D eigenvalue weighted by Gasteiger charge is -2.36. The summed E-state index contributed by atoms with van der Waals surface area (Å²) >= 11 is 0. The molecule has 1 aromatic carbocycles. The molecule has 6 rings (SSSR count). The maximum atomic E-state index is 12.7. The number of anilines is 1. The van der Waals surface area contributed by atoms with Crippen LogP contribution in [0.4, 0.5) is 14.5 Å². The molecule has 10 heteroatoms. The topological polar surface area (TPSA) is 75.5 Å². The van der Waals surface area contributed by atoms with Crippen molar-refractivity contribution < 1.29 is 18.3 Å². The minimum absolute atomic E-state index is 0.0610. The van der Waals surface area contributed by atoms with Crippen molar-refractivity contribution in [3.8, 4) is 17.1 Å². The van der Waals surface area contributed by atoms with Crippen LogP contribution in [0.1, 0.15) is 32.2 Å². The summed E-state index contributed by atoms with van der Waals surface area (Å²) in [6, 6.07) is 10.6. The van der Waals surface area contributed by atoms with Gasteiger partial charge in [-0.2, -0.15) is 0 Å². The van der Waals surface area contributed by atoms with Gasteiger partial charge >= 0.3 is 0 Å². The molecule has 37 heavy (non-hydrogen) atoms. The van der Waals surface area contributed by atoms with E-state index in [2.05, 4.69) is 31.9 Å². The van der Waals surface area contributed by atoms with Gasteiger partial charge in [-0.05, 0) is 38.0 Å². The largest absolute Gasteiger partial charge is 0.473 e. The van der Waals surface area contributed by atoms with Crippen LogP contribution in [0.5, 0.6) is 5.88 Å². The van der Waals surface area contributed by atoms with Gasteiger partial charge in [0.15, 0.2) is 0 Å². The molecule has 0 radical (unpaired) electrons. The monoisotopic (exact) mass is 510 g/mol. The van der Waals surface area contributed by atoms with Crippen LogP contribution in [0.25, 0.3) is 22.3 Å². The number of alkyl halides is 2. The number of hydrogen-bond donors (Lipinski definition) is 1. The Bertz CT molecular complexity index is 1270. The van der Waals surface area contributed by atoms with Crippen LogP contribution in [-0.2, 0) is 4.79 Å². The zero-order valence-electron chi connectivity index (χ0n) is 20.9. The number of nitrogens with zero attached hydrogens (tertiary/aromatic N) is 5. The summed E-state index contributed by atoms with van der Waals surface area (Å²) in [7, 11) is 0. The van der Waals surface area contributed by atoms with Gasteiger partial charge in [0.1, 0.15) is 11.6 Å². The Kier molecular flexibility index (Phi) is 6.44. The van der Waals surface area contributed by atoms with Crippen LogP contribution in [0.3, 0.4) is 0 Å². The number of carbonyl (C=O) groups excluding carboxylic acids is 1. The molecule has 2 unspecified atom stereocenters. The highest BCUT2D eigenvalue weighted by Crippen LogP contribution is 2.40. The number of imidazole rings is 1. The van der Waals surface area contributed by atoms with E-state index >= 15 is 0 Å². The minimum atomic E-state index is -2.29. The first-order valence-electron chi connectivity index (χ1n) is 13.1. The van der Waals surface area contributed by atoms with Crippen LogP contribution in [-0.4, -0.2) is 77.1 Å². The molecule has 3 aliphatic rings. The highest BCUT2D eigenvalue weighted by atomic mass is 19.3. The number of halogens is 2. The number of ether oxygens (including phenoxy) is 1. The van der Waals surface area contributed by atoms with E-state index in [-0.39, 0.29) is 24.5 Å². The second kappa shape index (κ2) is 9.89. The Morgan fingerprint density at radius 1 is 1.14 bits per heavy atom. The number of fused-ring (bicyclic) bond motifs is 1. The lowest BCUT2D eigenvalue weighted by molar-refractivity contribution is -0.119. The lowest BCUT2D eigenvalue weighted by Crippen LogP contribution is -2.47. The highest BCUT2D eigenvalue weighted by Gasteiger charge is 2.31. The standard InChI is InChI=1S/C27H32F2N6O2/c1-17(19-12-25(36)30-14-19)37-27-26-23(31-16-35(26)21-6-7-21)13-22(32-27)18-2-4-20(5-3-18)34-10-8-33(9-11-34)15-24(28)29/h2-5,13,16-17,19,21,24H,6-12,14-15H2,1H3,(H,30,36). The number of nitrogens with one attached hydrogen (secondary N) is 1. The second-order valence-corrected chi connectivity index (χ2v) is 10.4. The lowest BCUT2D eigenvalue weighted by atomic mass is 10.0. The molecule has 3 aromatic rings. The highest BCUT2D eigenvalue weighted by molar-refractivity contribution is 5.85. The number of amides is 1. The van der Waals surface area contributed by atoms with Gasteiger partial charge in [0.25, 0.3) is 6.43 Å². The minimum Gasteiger partial charge on any atom is -0.473 e. The van der Waals surface area contributed by atoms with Crippen molar-refractivity contribution in [2.45, 2.75) is 44.8 Å². The fraction of sp³-hybridized carbons (Fsp3) is 0.519. The Labute approximate surface area is 214 Å². The van der Waals surface area contributed by atoms with Gasteiger partial charge < -0.3 is 19.5 Å². The summed E-state index contributed by atoms with van der Waals surface area (Å²) in [4.78, 5) is 25.4. The van der Waals surface area contributed by atoms with Crippen molar-refractivity contribution in [1.82, 2.24) is 24.8 Å². The van der Waals surface area contributed by atoms with Crippen LogP contribution >= 0.6 is 0 Å². The molecule has 2 atom stereocenters. The van der Waals surface area contributed by atoms with Crippen LogP contribution in [0, 0.1) is 5.92 Å². The molecule has 3 fully saturated rings. The zero-order chi connectivity index (χ0) is 25.5. The average Bonchev–Trinajstić information content (AvgIpc) is 3.49. The van der Waals surface area contributed by atoms with E-state index in [1.54, 1.807) is 0 Å². The van der Waals surface area contributed by atoms with Gasteiger partial charge in [0, 0.05) is 62.4 Å². The maximum absolute atomic E-state index is 12.7. The van der Waals surface area contributed by atoms with E-state index in [1.165, 1.54) is 0 Å². The smallest absolute Gasteiger partial charge is 0.251 e. The van der Waals surface area contributed by atoms with Crippen molar-refractivity contribution in [2.24, 2.45) is 5.92 Å². The van der Waals surface area contributed by atoms with Crippen LogP contribution in [0.2, 0.25) is 0 Å². The first-order valence-corrected chi connectivity index (χ1v) is 13.1. The van der Waals surface area contributed by atoms with Gasteiger partial charge in [-0.3, -0.25) is 9.69 Å².